The van der Waals surface area contributed by atoms with E-state index in [-0.39, 0.29) is 11.5 Å². The number of likely N-dealkylation sites (tertiary alicyclic amines) is 1. The summed E-state index contributed by atoms with van der Waals surface area (Å²) in [5, 5.41) is 0. The number of piperidine rings is 1. The predicted octanol–water partition coefficient (Wildman–Crippen LogP) is 1.64. The first kappa shape index (κ1) is 19.7. The minimum Gasteiger partial charge on any atom is -0.497 e. The summed E-state index contributed by atoms with van der Waals surface area (Å²) in [5.41, 5.74) is 0.998. The highest BCUT2D eigenvalue weighted by Crippen LogP contribution is 2.38. The van der Waals surface area contributed by atoms with Crippen molar-refractivity contribution in [3.8, 4) is 5.75 Å². The number of hydrogen-bond acceptors (Lipinski definition) is 5. The highest BCUT2D eigenvalue weighted by molar-refractivity contribution is 5.79. The number of benzene rings is 1. The number of amides is 1. The highest BCUT2D eigenvalue weighted by Gasteiger charge is 2.45. The monoisotopic (exact) mass is 387 g/mol. The molecule has 3 fully saturated rings. The van der Waals surface area contributed by atoms with Crippen LogP contribution in [0.2, 0.25) is 0 Å². The van der Waals surface area contributed by atoms with Gasteiger partial charge in [0, 0.05) is 45.3 Å². The topological polar surface area (TPSA) is 45.2 Å². The average Bonchev–Trinajstić information content (AvgIpc) is 3.12. The van der Waals surface area contributed by atoms with Crippen molar-refractivity contribution in [1.29, 1.82) is 0 Å². The second-order valence-electron chi connectivity index (χ2n) is 8.60. The Balaban J connectivity index is 1.28. The molecule has 28 heavy (non-hydrogen) atoms. The van der Waals surface area contributed by atoms with Gasteiger partial charge in [-0.1, -0.05) is 12.1 Å². The van der Waals surface area contributed by atoms with E-state index in [9.17, 15) is 4.79 Å². The fourth-order valence-electron chi connectivity index (χ4n) is 4.82. The van der Waals surface area contributed by atoms with Gasteiger partial charge >= 0.3 is 0 Å². The summed E-state index contributed by atoms with van der Waals surface area (Å²) in [6.07, 6.45) is 3.48. The van der Waals surface area contributed by atoms with Crippen molar-refractivity contribution in [2.75, 3.05) is 60.0 Å². The van der Waals surface area contributed by atoms with E-state index < -0.39 is 0 Å². The fraction of sp³-hybridized carbons (Fsp3) is 0.682. The van der Waals surface area contributed by atoms with Crippen LogP contribution in [0.5, 0.6) is 5.75 Å². The Labute approximate surface area is 168 Å². The molecular formula is C22H33N3O3. The lowest BCUT2D eigenvalue weighted by Crippen LogP contribution is -2.50. The van der Waals surface area contributed by atoms with Gasteiger partial charge in [0.2, 0.25) is 5.91 Å². The lowest BCUT2D eigenvalue weighted by atomic mass is 9.86. The number of piperazine rings is 1. The molecule has 0 bridgehead atoms. The molecule has 154 valence electrons. The van der Waals surface area contributed by atoms with E-state index in [0.717, 1.165) is 76.5 Å². The zero-order chi connectivity index (χ0) is 19.6. The summed E-state index contributed by atoms with van der Waals surface area (Å²) in [5.74, 6) is 1.01. The van der Waals surface area contributed by atoms with Crippen LogP contribution in [0.4, 0.5) is 0 Å². The quantitative estimate of drug-likeness (QED) is 0.786. The van der Waals surface area contributed by atoms with Crippen LogP contribution in [0.1, 0.15) is 24.8 Å². The van der Waals surface area contributed by atoms with Crippen LogP contribution in [0.25, 0.3) is 0 Å². The van der Waals surface area contributed by atoms with Crippen molar-refractivity contribution in [3.05, 3.63) is 29.8 Å². The maximum Gasteiger partial charge on any atom is 0.226 e. The molecule has 1 unspecified atom stereocenters. The molecule has 6 nitrogen and oxygen atoms in total. The third-order valence-corrected chi connectivity index (χ3v) is 6.76. The fourth-order valence-corrected chi connectivity index (χ4v) is 4.82. The number of carbonyl (C=O) groups excluding carboxylic acids is 1. The molecule has 0 aliphatic carbocycles. The molecule has 6 heteroatoms. The lowest BCUT2D eigenvalue weighted by Gasteiger charge is -2.40. The van der Waals surface area contributed by atoms with Crippen molar-refractivity contribution in [3.63, 3.8) is 0 Å². The van der Waals surface area contributed by atoms with Crippen LogP contribution in [-0.2, 0) is 16.0 Å². The van der Waals surface area contributed by atoms with E-state index in [2.05, 4.69) is 16.8 Å². The van der Waals surface area contributed by atoms with Crippen LogP contribution < -0.4 is 4.74 Å². The van der Waals surface area contributed by atoms with Crippen LogP contribution >= 0.6 is 0 Å². The van der Waals surface area contributed by atoms with Gasteiger partial charge in [-0.2, -0.15) is 0 Å². The molecule has 3 aliphatic rings. The van der Waals surface area contributed by atoms with Gasteiger partial charge in [0.05, 0.1) is 25.7 Å². The molecule has 1 amide bonds. The summed E-state index contributed by atoms with van der Waals surface area (Å²) in [6.45, 7) is 7.04. The standard InChI is InChI=1S/C22H33N3O3/c1-23-10-12-24(13-11-23)19-16-22(28-17-19)6-8-25(9-7-22)21(26)15-18-4-3-5-20(14-18)27-2/h3-5,14,19H,6-13,15-17H2,1-2H3. The number of carbonyl (C=O) groups is 1. The smallest absolute Gasteiger partial charge is 0.226 e. The number of nitrogens with zero attached hydrogens (tertiary/aromatic N) is 3. The zero-order valence-corrected chi connectivity index (χ0v) is 17.2. The first-order chi connectivity index (χ1) is 13.6. The van der Waals surface area contributed by atoms with Crippen LogP contribution in [0.15, 0.2) is 24.3 Å². The molecule has 1 spiro atoms. The largest absolute Gasteiger partial charge is 0.497 e. The predicted molar refractivity (Wildman–Crippen MR) is 109 cm³/mol. The Morgan fingerprint density at radius 1 is 1.18 bits per heavy atom. The van der Waals surface area contributed by atoms with E-state index in [4.69, 9.17) is 9.47 Å². The molecule has 3 heterocycles. The third kappa shape index (κ3) is 4.34. The Morgan fingerprint density at radius 3 is 2.64 bits per heavy atom. The normalized spacial score (nSPS) is 25.9. The van der Waals surface area contributed by atoms with Crippen LogP contribution in [0, 0.1) is 0 Å². The summed E-state index contributed by atoms with van der Waals surface area (Å²) in [4.78, 5) is 19.8. The van der Waals surface area contributed by atoms with E-state index in [1.807, 2.05) is 29.2 Å². The van der Waals surface area contributed by atoms with E-state index >= 15 is 0 Å². The van der Waals surface area contributed by atoms with Crippen molar-refractivity contribution >= 4 is 5.91 Å². The summed E-state index contributed by atoms with van der Waals surface area (Å²) in [7, 11) is 3.85. The van der Waals surface area contributed by atoms with E-state index in [1.54, 1.807) is 7.11 Å². The Kier molecular flexibility index (Phi) is 5.90. The van der Waals surface area contributed by atoms with Gasteiger partial charge in [0.1, 0.15) is 5.75 Å². The van der Waals surface area contributed by atoms with Gasteiger partial charge in [-0.15, -0.1) is 0 Å². The second kappa shape index (κ2) is 8.39. The Bertz CT molecular complexity index is 679. The first-order valence-electron chi connectivity index (χ1n) is 10.5. The van der Waals surface area contributed by atoms with Gasteiger partial charge in [0.25, 0.3) is 0 Å². The molecule has 0 aromatic heterocycles. The maximum atomic E-state index is 12.7. The second-order valence-corrected chi connectivity index (χ2v) is 8.60. The van der Waals surface area contributed by atoms with E-state index in [0.29, 0.717) is 12.5 Å². The number of hydrogen-bond donors (Lipinski definition) is 0. The molecular weight excluding hydrogens is 354 g/mol. The molecule has 0 saturated carbocycles. The van der Waals surface area contributed by atoms with Gasteiger partial charge in [-0.05, 0) is 44.0 Å². The number of rotatable bonds is 4. The molecule has 4 rings (SSSR count). The average molecular weight is 388 g/mol. The number of ether oxygens (including phenoxy) is 2. The Hall–Kier alpha value is -1.63. The van der Waals surface area contributed by atoms with Crippen molar-refractivity contribution < 1.29 is 14.3 Å². The SMILES string of the molecule is COc1cccc(CC(=O)N2CCC3(CC2)CC(N2CCN(C)CC2)CO3)c1. The third-order valence-electron chi connectivity index (χ3n) is 6.76. The Morgan fingerprint density at radius 2 is 1.93 bits per heavy atom. The molecule has 3 saturated heterocycles. The van der Waals surface area contributed by atoms with Gasteiger partial charge in [-0.25, -0.2) is 0 Å². The van der Waals surface area contributed by atoms with E-state index in [1.165, 1.54) is 0 Å². The number of likely N-dealkylation sites (N-methyl/N-ethyl adjacent to an activating group) is 1. The number of methoxy groups -OCH3 is 1. The zero-order valence-electron chi connectivity index (χ0n) is 17.2. The van der Waals surface area contributed by atoms with Crippen molar-refractivity contribution in [2.24, 2.45) is 0 Å². The summed E-state index contributed by atoms with van der Waals surface area (Å²) in [6, 6.07) is 8.34. The van der Waals surface area contributed by atoms with Gasteiger partial charge < -0.3 is 19.3 Å². The molecule has 1 aromatic rings. The molecule has 0 N–H and O–H groups in total. The summed E-state index contributed by atoms with van der Waals surface area (Å²) < 4.78 is 11.6. The molecule has 3 aliphatic heterocycles. The van der Waals surface area contributed by atoms with Gasteiger partial charge in [-0.3, -0.25) is 9.69 Å². The van der Waals surface area contributed by atoms with Crippen molar-refractivity contribution in [2.45, 2.75) is 37.3 Å². The molecule has 1 aromatic carbocycles. The molecule has 1 atom stereocenters. The minimum absolute atomic E-state index is 0.0131. The lowest BCUT2D eigenvalue weighted by molar-refractivity contribution is -0.135. The summed E-state index contributed by atoms with van der Waals surface area (Å²) >= 11 is 0. The molecule has 0 radical (unpaired) electrons. The highest BCUT2D eigenvalue weighted by atomic mass is 16.5. The maximum absolute atomic E-state index is 12.7. The van der Waals surface area contributed by atoms with Crippen LogP contribution in [-0.4, -0.2) is 92.3 Å². The van der Waals surface area contributed by atoms with Crippen molar-refractivity contribution in [1.82, 2.24) is 14.7 Å². The first-order valence-corrected chi connectivity index (χ1v) is 10.5. The minimum atomic E-state index is -0.0131. The van der Waals surface area contributed by atoms with Gasteiger partial charge in [0.15, 0.2) is 0 Å². The van der Waals surface area contributed by atoms with Crippen LogP contribution in [0.3, 0.4) is 0 Å².